The summed E-state index contributed by atoms with van der Waals surface area (Å²) >= 11 is 7.50. The molecule has 0 spiro atoms. The molecule has 2 N–H and O–H groups in total. The molecular weight excluding hydrogens is 356 g/mol. The number of β-lactam (4-membered cyclic amide) rings is 1. The van der Waals surface area contributed by atoms with E-state index in [0.717, 1.165) is 0 Å². The second kappa shape index (κ2) is 5.82. The lowest BCUT2D eigenvalue weighted by molar-refractivity contribution is -0.148. The van der Waals surface area contributed by atoms with Crippen molar-refractivity contribution in [3.05, 3.63) is 27.7 Å². The Morgan fingerprint density at radius 2 is 2.08 bits per heavy atom. The van der Waals surface area contributed by atoms with Crippen LogP contribution in [0.3, 0.4) is 0 Å². The number of aliphatic carboxylic acids is 1. The maximum atomic E-state index is 12.4. The Bertz CT molecular complexity index is 803. The SMILES string of the molecule is CC1=C(C(=O)O)N2C(=O)[C@H](NC(=O)c3nn(C)c(C)c3Cl)[C@@H]2SC1. The van der Waals surface area contributed by atoms with Crippen molar-refractivity contribution in [3.8, 4) is 0 Å². The second-order valence-electron chi connectivity index (χ2n) is 5.67. The summed E-state index contributed by atoms with van der Waals surface area (Å²) in [6.07, 6.45) is 0. The van der Waals surface area contributed by atoms with E-state index in [9.17, 15) is 19.5 Å². The van der Waals surface area contributed by atoms with Crippen LogP contribution in [0, 0.1) is 6.92 Å². The molecule has 1 saturated heterocycles. The minimum atomic E-state index is -1.14. The van der Waals surface area contributed by atoms with Gasteiger partial charge in [0.15, 0.2) is 5.69 Å². The quantitative estimate of drug-likeness (QED) is 0.761. The van der Waals surface area contributed by atoms with Gasteiger partial charge in [-0.1, -0.05) is 11.6 Å². The van der Waals surface area contributed by atoms with E-state index in [1.54, 1.807) is 20.9 Å². The molecule has 2 atom stereocenters. The predicted octanol–water partition coefficient (Wildman–Crippen LogP) is 0.754. The molecular formula is C14H15ClN4O4S. The Labute approximate surface area is 146 Å². The van der Waals surface area contributed by atoms with E-state index < -0.39 is 29.2 Å². The Hall–Kier alpha value is -2.00. The largest absolute Gasteiger partial charge is 0.477 e. The number of carbonyl (C=O) groups excluding carboxylic acids is 2. The zero-order valence-electron chi connectivity index (χ0n) is 13.2. The van der Waals surface area contributed by atoms with Crippen molar-refractivity contribution >= 4 is 41.1 Å². The molecule has 0 unspecified atom stereocenters. The number of amides is 2. The lowest BCUT2D eigenvalue weighted by atomic mass is 10.0. The number of carbonyl (C=O) groups is 3. The van der Waals surface area contributed by atoms with Gasteiger partial charge in [0.25, 0.3) is 11.8 Å². The van der Waals surface area contributed by atoms with E-state index >= 15 is 0 Å². The number of nitrogens with one attached hydrogen (secondary N) is 1. The van der Waals surface area contributed by atoms with Gasteiger partial charge in [0, 0.05) is 12.8 Å². The van der Waals surface area contributed by atoms with Crippen LogP contribution in [-0.2, 0) is 16.6 Å². The third-order valence-corrected chi connectivity index (χ3v) is 6.00. The Morgan fingerprint density at radius 3 is 2.62 bits per heavy atom. The lowest BCUT2D eigenvalue weighted by Crippen LogP contribution is -2.70. The van der Waals surface area contributed by atoms with Gasteiger partial charge in [-0.15, -0.1) is 11.8 Å². The van der Waals surface area contributed by atoms with Gasteiger partial charge >= 0.3 is 5.97 Å². The van der Waals surface area contributed by atoms with E-state index in [2.05, 4.69) is 10.4 Å². The van der Waals surface area contributed by atoms with Crippen LogP contribution < -0.4 is 5.32 Å². The van der Waals surface area contributed by atoms with E-state index in [0.29, 0.717) is 17.0 Å². The molecule has 128 valence electrons. The number of aromatic nitrogens is 2. The molecule has 0 radical (unpaired) electrons. The van der Waals surface area contributed by atoms with Crippen molar-refractivity contribution in [2.75, 3.05) is 5.75 Å². The topological polar surface area (TPSA) is 105 Å². The molecule has 1 aromatic heterocycles. The zero-order valence-corrected chi connectivity index (χ0v) is 14.7. The number of fused-ring (bicyclic) bond motifs is 1. The van der Waals surface area contributed by atoms with E-state index in [1.807, 2.05) is 0 Å². The first-order chi connectivity index (χ1) is 11.2. The highest BCUT2D eigenvalue weighted by Crippen LogP contribution is 2.40. The summed E-state index contributed by atoms with van der Waals surface area (Å²) in [6, 6.07) is -0.789. The van der Waals surface area contributed by atoms with Crippen LogP contribution in [0.15, 0.2) is 11.3 Å². The standard InChI is InChI=1S/C14H15ClN4O4S/c1-5-4-24-13-9(12(21)19(13)10(5)14(22)23)16-11(20)8-7(15)6(2)18(3)17-8/h9,13H,4H2,1-3H3,(H,16,20)(H,22,23)/t9-,13-/m0/s1. The van der Waals surface area contributed by atoms with Gasteiger partial charge in [0.1, 0.15) is 17.1 Å². The van der Waals surface area contributed by atoms with Crippen LogP contribution >= 0.6 is 23.4 Å². The normalized spacial score (nSPS) is 23.0. The number of hydrogen-bond acceptors (Lipinski definition) is 5. The number of thioether (sulfide) groups is 1. The van der Waals surface area contributed by atoms with Crippen LogP contribution in [0.2, 0.25) is 5.02 Å². The summed E-state index contributed by atoms with van der Waals surface area (Å²) < 4.78 is 1.48. The average molecular weight is 371 g/mol. The fraction of sp³-hybridized carbons (Fsp3) is 0.429. The molecule has 0 bridgehead atoms. The summed E-state index contributed by atoms with van der Waals surface area (Å²) in [5, 5.41) is 15.7. The maximum absolute atomic E-state index is 12.4. The highest BCUT2D eigenvalue weighted by molar-refractivity contribution is 8.00. The number of carboxylic acid groups (broad SMARTS) is 1. The highest BCUT2D eigenvalue weighted by atomic mass is 35.5. The van der Waals surface area contributed by atoms with Gasteiger partial charge < -0.3 is 10.4 Å². The Kier molecular flexibility index (Phi) is 4.08. The van der Waals surface area contributed by atoms with Crippen molar-refractivity contribution in [1.82, 2.24) is 20.0 Å². The molecule has 3 heterocycles. The van der Waals surface area contributed by atoms with Crippen LogP contribution in [0.5, 0.6) is 0 Å². The molecule has 0 aromatic carbocycles. The van der Waals surface area contributed by atoms with Gasteiger partial charge in [-0.05, 0) is 19.4 Å². The molecule has 10 heteroatoms. The van der Waals surface area contributed by atoms with Crippen LogP contribution in [-0.4, -0.2) is 54.7 Å². The van der Waals surface area contributed by atoms with Gasteiger partial charge in [-0.25, -0.2) is 4.79 Å². The summed E-state index contributed by atoms with van der Waals surface area (Å²) in [6.45, 7) is 3.41. The smallest absolute Gasteiger partial charge is 0.352 e. The molecule has 24 heavy (non-hydrogen) atoms. The first-order valence-corrected chi connectivity index (χ1v) is 8.54. The lowest BCUT2D eigenvalue weighted by Gasteiger charge is -2.49. The Balaban J connectivity index is 1.79. The Morgan fingerprint density at radius 1 is 1.42 bits per heavy atom. The third-order valence-electron chi connectivity index (χ3n) is 4.12. The fourth-order valence-corrected chi connectivity index (χ4v) is 4.25. The first-order valence-electron chi connectivity index (χ1n) is 7.11. The van der Waals surface area contributed by atoms with Gasteiger partial charge in [0.05, 0.1) is 10.7 Å². The zero-order chi connectivity index (χ0) is 17.8. The van der Waals surface area contributed by atoms with E-state index in [1.165, 1.54) is 21.3 Å². The van der Waals surface area contributed by atoms with Crippen molar-refractivity contribution in [3.63, 3.8) is 0 Å². The van der Waals surface area contributed by atoms with E-state index in [4.69, 9.17) is 11.6 Å². The number of carboxylic acids is 1. The molecule has 2 amide bonds. The molecule has 1 fully saturated rings. The number of halogens is 1. The van der Waals surface area contributed by atoms with Crippen molar-refractivity contribution in [2.45, 2.75) is 25.3 Å². The van der Waals surface area contributed by atoms with Crippen LogP contribution in [0.25, 0.3) is 0 Å². The molecule has 2 aliphatic heterocycles. The maximum Gasteiger partial charge on any atom is 0.352 e. The van der Waals surface area contributed by atoms with Gasteiger partial charge in [-0.3, -0.25) is 19.2 Å². The average Bonchev–Trinajstić information content (AvgIpc) is 2.79. The molecule has 1 aromatic rings. The molecule has 2 aliphatic rings. The summed E-state index contributed by atoms with van der Waals surface area (Å²) in [7, 11) is 1.66. The van der Waals surface area contributed by atoms with Crippen LogP contribution in [0.1, 0.15) is 23.1 Å². The third kappa shape index (κ3) is 2.39. The van der Waals surface area contributed by atoms with Crippen molar-refractivity contribution in [2.24, 2.45) is 7.05 Å². The molecule has 0 aliphatic carbocycles. The first kappa shape index (κ1) is 16.8. The number of nitrogens with zero attached hydrogens (tertiary/aromatic N) is 3. The number of hydrogen-bond donors (Lipinski definition) is 2. The minimum Gasteiger partial charge on any atom is -0.477 e. The summed E-state index contributed by atoms with van der Waals surface area (Å²) in [5.41, 5.74) is 1.32. The molecule has 8 nitrogen and oxygen atoms in total. The molecule has 3 rings (SSSR count). The minimum absolute atomic E-state index is 0.000891. The van der Waals surface area contributed by atoms with E-state index in [-0.39, 0.29) is 16.4 Å². The molecule has 0 saturated carbocycles. The number of rotatable bonds is 3. The highest BCUT2D eigenvalue weighted by Gasteiger charge is 2.53. The monoisotopic (exact) mass is 370 g/mol. The van der Waals surface area contributed by atoms with Crippen molar-refractivity contribution < 1.29 is 19.5 Å². The van der Waals surface area contributed by atoms with Gasteiger partial charge in [-0.2, -0.15) is 5.10 Å². The second-order valence-corrected chi connectivity index (χ2v) is 7.15. The summed E-state index contributed by atoms with van der Waals surface area (Å²) in [5.74, 6) is -1.64. The van der Waals surface area contributed by atoms with Crippen LogP contribution in [0.4, 0.5) is 0 Å². The summed E-state index contributed by atoms with van der Waals surface area (Å²) in [4.78, 5) is 37.3. The number of aryl methyl sites for hydroxylation is 1. The van der Waals surface area contributed by atoms with Crippen molar-refractivity contribution in [1.29, 1.82) is 0 Å². The predicted molar refractivity (Wildman–Crippen MR) is 87.6 cm³/mol. The van der Waals surface area contributed by atoms with Gasteiger partial charge in [0.2, 0.25) is 0 Å². The fourth-order valence-electron chi connectivity index (χ4n) is 2.71.